The van der Waals surface area contributed by atoms with Gasteiger partial charge in [0, 0.05) is 28.7 Å². The van der Waals surface area contributed by atoms with Crippen LogP contribution in [0, 0.1) is 11.8 Å². The van der Waals surface area contributed by atoms with E-state index < -0.39 is 0 Å². The molecule has 174 valence electrons. The lowest BCUT2D eigenvalue weighted by Crippen LogP contribution is -2.31. The zero-order valence-electron chi connectivity index (χ0n) is 18.8. The van der Waals surface area contributed by atoms with Crippen LogP contribution in [0.3, 0.4) is 0 Å². The van der Waals surface area contributed by atoms with E-state index in [0.29, 0.717) is 17.2 Å². The van der Waals surface area contributed by atoms with Gasteiger partial charge in [-0.1, -0.05) is 31.4 Å². The number of amides is 3. The fraction of sp³-hybridized carbons (Fsp3) is 0.423. The highest BCUT2D eigenvalue weighted by Gasteiger charge is 2.29. The Morgan fingerprint density at radius 2 is 1.48 bits per heavy atom. The lowest BCUT2D eigenvalue weighted by Gasteiger charge is -2.21. The van der Waals surface area contributed by atoms with E-state index in [0.717, 1.165) is 30.0 Å². The summed E-state index contributed by atoms with van der Waals surface area (Å²) in [5.74, 6) is 0.861. The van der Waals surface area contributed by atoms with Crippen molar-refractivity contribution in [3.8, 4) is 0 Å². The van der Waals surface area contributed by atoms with Crippen molar-refractivity contribution in [1.29, 1.82) is 0 Å². The molecule has 2 fully saturated rings. The molecule has 7 heteroatoms. The smallest absolute Gasteiger partial charge is 0.256 e. The van der Waals surface area contributed by atoms with Crippen molar-refractivity contribution in [2.75, 3.05) is 22.9 Å². The molecular weight excluding hydrogens is 434 g/mol. The molecular formula is C26H31N3O3S. The Hall–Kier alpha value is -2.80. The minimum absolute atomic E-state index is 0.00428. The maximum Gasteiger partial charge on any atom is 0.256 e. The first-order chi connectivity index (χ1) is 16.1. The maximum atomic E-state index is 12.9. The van der Waals surface area contributed by atoms with Gasteiger partial charge in [-0.2, -0.15) is 0 Å². The maximum absolute atomic E-state index is 12.9. The molecule has 2 aliphatic carbocycles. The summed E-state index contributed by atoms with van der Waals surface area (Å²) in [4.78, 5) is 37.9. The second-order valence-corrected chi connectivity index (χ2v) is 9.91. The minimum atomic E-state index is -0.226. The predicted octanol–water partition coefficient (Wildman–Crippen LogP) is 5.08. The fourth-order valence-electron chi connectivity index (χ4n) is 4.05. The second kappa shape index (κ2) is 11.4. The minimum Gasteiger partial charge on any atom is -0.355 e. The highest BCUT2D eigenvalue weighted by molar-refractivity contribution is 8.00. The topological polar surface area (TPSA) is 87.3 Å². The summed E-state index contributed by atoms with van der Waals surface area (Å²) in [6.07, 6.45) is 8.14. The SMILES string of the molecule is O=C(CSc1ccccc1C(=O)Nc1ccc(NC(=O)C2CC2)cc1)NCC1CCCCC1. The Morgan fingerprint density at radius 1 is 0.818 bits per heavy atom. The molecule has 2 aliphatic rings. The van der Waals surface area contributed by atoms with Crippen LogP contribution in [-0.4, -0.2) is 30.0 Å². The van der Waals surface area contributed by atoms with E-state index >= 15 is 0 Å². The van der Waals surface area contributed by atoms with Crippen LogP contribution < -0.4 is 16.0 Å². The number of carbonyl (C=O) groups excluding carboxylic acids is 3. The Balaban J connectivity index is 1.28. The summed E-state index contributed by atoms with van der Waals surface area (Å²) in [6.45, 7) is 0.749. The van der Waals surface area contributed by atoms with E-state index in [2.05, 4.69) is 16.0 Å². The predicted molar refractivity (Wildman–Crippen MR) is 132 cm³/mol. The normalized spacial score (nSPS) is 16.1. The Bertz CT molecular complexity index is 983. The van der Waals surface area contributed by atoms with Gasteiger partial charge in [0.2, 0.25) is 11.8 Å². The zero-order valence-corrected chi connectivity index (χ0v) is 19.6. The van der Waals surface area contributed by atoms with Crippen LogP contribution >= 0.6 is 11.8 Å². The first-order valence-corrected chi connectivity index (χ1v) is 12.8. The molecule has 6 nitrogen and oxygen atoms in total. The summed E-state index contributed by atoms with van der Waals surface area (Å²) in [5, 5.41) is 8.85. The van der Waals surface area contributed by atoms with E-state index in [9.17, 15) is 14.4 Å². The Kier molecular flexibility index (Phi) is 8.05. The largest absolute Gasteiger partial charge is 0.355 e. The highest BCUT2D eigenvalue weighted by atomic mass is 32.2. The molecule has 0 bridgehead atoms. The van der Waals surface area contributed by atoms with E-state index in [1.165, 1.54) is 43.9 Å². The van der Waals surface area contributed by atoms with Crippen LogP contribution in [0.5, 0.6) is 0 Å². The molecule has 3 N–H and O–H groups in total. The monoisotopic (exact) mass is 465 g/mol. The number of hydrogen-bond donors (Lipinski definition) is 3. The number of rotatable bonds is 9. The first-order valence-electron chi connectivity index (χ1n) is 11.8. The average Bonchev–Trinajstić information content (AvgIpc) is 3.69. The van der Waals surface area contributed by atoms with Crippen LogP contribution in [-0.2, 0) is 9.59 Å². The molecule has 33 heavy (non-hydrogen) atoms. The zero-order chi connectivity index (χ0) is 23.0. The first kappa shape index (κ1) is 23.4. The van der Waals surface area contributed by atoms with Gasteiger partial charge in [0.05, 0.1) is 11.3 Å². The van der Waals surface area contributed by atoms with E-state index in [1.54, 1.807) is 30.3 Å². The number of nitrogens with one attached hydrogen (secondary N) is 3. The fourth-order valence-corrected chi connectivity index (χ4v) is 4.93. The quantitative estimate of drug-likeness (QED) is 0.451. The van der Waals surface area contributed by atoms with Crippen LogP contribution in [0.4, 0.5) is 11.4 Å². The molecule has 0 radical (unpaired) electrons. The van der Waals surface area contributed by atoms with Gasteiger partial charge < -0.3 is 16.0 Å². The number of anilines is 2. The molecule has 4 rings (SSSR count). The Labute approximate surface area is 199 Å². The molecule has 0 unspecified atom stereocenters. The highest BCUT2D eigenvalue weighted by Crippen LogP contribution is 2.30. The number of hydrogen-bond acceptors (Lipinski definition) is 4. The third kappa shape index (κ3) is 7.09. The van der Waals surface area contributed by atoms with E-state index in [-0.39, 0.29) is 29.4 Å². The van der Waals surface area contributed by atoms with Gasteiger partial charge >= 0.3 is 0 Å². The van der Waals surface area contributed by atoms with Gasteiger partial charge in [0.1, 0.15) is 0 Å². The van der Waals surface area contributed by atoms with Crippen LogP contribution in [0.2, 0.25) is 0 Å². The van der Waals surface area contributed by atoms with Gasteiger partial charge in [0.15, 0.2) is 0 Å². The van der Waals surface area contributed by atoms with Gasteiger partial charge in [-0.15, -0.1) is 11.8 Å². The molecule has 2 aromatic carbocycles. The lowest BCUT2D eigenvalue weighted by atomic mass is 9.89. The van der Waals surface area contributed by atoms with Crippen molar-refractivity contribution >= 4 is 40.9 Å². The summed E-state index contributed by atoms with van der Waals surface area (Å²) in [5.41, 5.74) is 1.91. The van der Waals surface area contributed by atoms with Crippen LogP contribution in [0.15, 0.2) is 53.4 Å². The van der Waals surface area contributed by atoms with Crippen LogP contribution in [0.25, 0.3) is 0 Å². The molecule has 0 atom stereocenters. The van der Waals surface area contributed by atoms with E-state index in [1.807, 2.05) is 18.2 Å². The summed E-state index contributed by atoms with van der Waals surface area (Å²) in [6, 6.07) is 14.4. The third-order valence-corrected chi connectivity index (χ3v) is 7.24. The van der Waals surface area contributed by atoms with Crippen molar-refractivity contribution in [2.45, 2.75) is 49.8 Å². The van der Waals surface area contributed by atoms with Gasteiger partial charge in [-0.25, -0.2) is 0 Å². The van der Waals surface area contributed by atoms with E-state index in [4.69, 9.17) is 0 Å². The summed E-state index contributed by atoms with van der Waals surface area (Å²) < 4.78 is 0. The van der Waals surface area contributed by atoms with Crippen molar-refractivity contribution < 1.29 is 14.4 Å². The average molecular weight is 466 g/mol. The van der Waals surface area contributed by atoms with Crippen LogP contribution in [0.1, 0.15) is 55.3 Å². The number of benzene rings is 2. The van der Waals surface area contributed by atoms with Gasteiger partial charge in [0.25, 0.3) is 5.91 Å². The van der Waals surface area contributed by atoms with Crippen molar-refractivity contribution in [3.63, 3.8) is 0 Å². The Morgan fingerprint density at radius 3 is 2.18 bits per heavy atom. The van der Waals surface area contributed by atoms with Gasteiger partial charge in [-0.3, -0.25) is 14.4 Å². The van der Waals surface area contributed by atoms with Gasteiger partial charge in [-0.05, 0) is 68.0 Å². The molecule has 2 aromatic rings. The standard InChI is InChI=1S/C26H31N3O3S/c30-24(27-16-18-6-2-1-3-7-18)17-33-23-9-5-4-8-22(23)26(32)29-21-14-12-20(13-15-21)28-25(31)19-10-11-19/h4-5,8-9,12-15,18-19H,1-3,6-7,10-11,16-17H2,(H,27,30)(H,28,31)(H,29,32). The lowest BCUT2D eigenvalue weighted by molar-refractivity contribution is -0.119. The second-order valence-electron chi connectivity index (χ2n) is 8.89. The van der Waals surface area contributed by atoms with Crippen molar-refractivity contribution in [3.05, 3.63) is 54.1 Å². The number of thioether (sulfide) groups is 1. The van der Waals surface area contributed by atoms with Crippen molar-refractivity contribution in [1.82, 2.24) is 5.32 Å². The summed E-state index contributed by atoms with van der Waals surface area (Å²) in [7, 11) is 0. The number of carbonyl (C=O) groups is 3. The molecule has 3 amide bonds. The molecule has 0 aromatic heterocycles. The molecule has 0 spiro atoms. The molecule has 0 aliphatic heterocycles. The molecule has 0 heterocycles. The molecule has 2 saturated carbocycles. The van der Waals surface area contributed by atoms with Crippen molar-refractivity contribution in [2.24, 2.45) is 11.8 Å². The molecule has 0 saturated heterocycles. The summed E-state index contributed by atoms with van der Waals surface area (Å²) >= 11 is 1.38. The third-order valence-electron chi connectivity index (χ3n) is 6.16.